The fourth-order valence-electron chi connectivity index (χ4n) is 2.07. The van der Waals surface area contributed by atoms with Crippen LogP contribution in [0.25, 0.3) is 0 Å². The third kappa shape index (κ3) is 2.91. The van der Waals surface area contributed by atoms with Crippen LogP contribution in [0.4, 0.5) is 18.9 Å². The van der Waals surface area contributed by atoms with Crippen LogP contribution in [0.2, 0.25) is 0 Å². The van der Waals surface area contributed by atoms with Crippen LogP contribution in [0, 0.1) is 5.92 Å². The predicted octanol–water partition coefficient (Wildman–Crippen LogP) is 3.62. The van der Waals surface area contributed by atoms with Gasteiger partial charge in [-0.15, -0.1) is 0 Å². The van der Waals surface area contributed by atoms with Crippen molar-refractivity contribution in [2.75, 3.05) is 18.0 Å². The van der Waals surface area contributed by atoms with Gasteiger partial charge in [0, 0.05) is 25.5 Å². The van der Waals surface area contributed by atoms with Gasteiger partial charge in [0.05, 0.1) is 16.1 Å². The monoisotopic (exact) mass is 308 g/mol. The van der Waals surface area contributed by atoms with E-state index >= 15 is 0 Å². The van der Waals surface area contributed by atoms with Crippen molar-refractivity contribution >= 4 is 21.6 Å². The first-order valence-electron chi connectivity index (χ1n) is 5.39. The Labute approximate surface area is 106 Å². The van der Waals surface area contributed by atoms with Gasteiger partial charge in [-0.25, -0.2) is 0 Å². The molecule has 0 saturated carbocycles. The molecule has 0 aliphatic carbocycles. The molecule has 0 spiro atoms. The van der Waals surface area contributed by atoms with Crippen molar-refractivity contribution in [1.82, 2.24) is 4.98 Å². The normalized spacial score (nSPS) is 18.5. The number of hydrogen-bond donors (Lipinski definition) is 0. The van der Waals surface area contributed by atoms with E-state index in [2.05, 4.69) is 20.9 Å². The molecule has 0 N–H and O–H groups in total. The maximum absolute atomic E-state index is 12.5. The van der Waals surface area contributed by atoms with Gasteiger partial charge in [-0.2, -0.15) is 13.2 Å². The summed E-state index contributed by atoms with van der Waals surface area (Å²) in [6.07, 6.45) is -0.417. The highest BCUT2D eigenvalue weighted by molar-refractivity contribution is 9.10. The highest BCUT2D eigenvalue weighted by Crippen LogP contribution is 2.36. The first-order chi connectivity index (χ1) is 7.98. The van der Waals surface area contributed by atoms with Crippen molar-refractivity contribution in [2.24, 2.45) is 5.92 Å². The fourth-order valence-corrected chi connectivity index (χ4v) is 2.57. The minimum absolute atomic E-state index is 0.165. The van der Waals surface area contributed by atoms with Crippen molar-refractivity contribution in [2.45, 2.75) is 19.0 Å². The number of anilines is 1. The molecule has 6 heteroatoms. The fraction of sp³-hybridized carbons (Fsp3) is 0.545. The topological polar surface area (TPSA) is 16.1 Å². The van der Waals surface area contributed by atoms with Gasteiger partial charge < -0.3 is 4.90 Å². The summed E-state index contributed by atoms with van der Waals surface area (Å²) >= 11 is 3.36. The molecule has 0 unspecified atom stereocenters. The van der Waals surface area contributed by atoms with Gasteiger partial charge in [-0.3, -0.25) is 4.98 Å². The van der Waals surface area contributed by atoms with Gasteiger partial charge >= 0.3 is 6.18 Å². The quantitative estimate of drug-likeness (QED) is 0.787. The van der Waals surface area contributed by atoms with E-state index < -0.39 is 12.1 Å². The second kappa shape index (κ2) is 4.84. The lowest BCUT2D eigenvalue weighted by Crippen LogP contribution is -2.39. The van der Waals surface area contributed by atoms with Crippen molar-refractivity contribution < 1.29 is 13.2 Å². The van der Waals surface area contributed by atoms with E-state index in [0.717, 1.165) is 10.2 Å². The van der Waals surface area contributed by atoms with Gasteiger partial charge in [0.15, 0.2) is 0 Å². The lowest BCUT2D eigenvalue weighted by molar-refractivity contribution is -0.179. The number of rotatable bonds is 1. The lowest BCUT2D eigenvalue weighted by atomic mass is 9.96. The minimum Gasteiger partial charge on any atom is -0.371 e. The Morgan fingerprint density at radius 2 is 1.94 bits per heavy atom. The SMILES string of the molecule is FC(F)(F)C1CCN(c2ccncc2Br)CC1. The molecule has 94 valence electrons. The van der Waals surface area contributed by atoms with Crippen molar-refractivity contribution in [3.63, 3.8) is 0 Å². The molecular weight excluding hydrogens is 297 g/mol. The van der Waals surface area contributed by atoms with Crippen LogP contribution in [0.15, 0.2) is 22.9 Å². The molecule has 1 aromatic rings. The third-order valence-corrected chi connectivity index (χ3v) is 3.66. The summed E-state index contributed by atoms with van der Waals surface area (Å²) in [6.45, 7) is 0.875. The summed E-state index contributed by atoms with van der Waals surface area (Å²) in [5.41, 5.74) is 0.917. The summed E-state index contributed by atoms with van der Waals surface area (Å²) in [6, 6.07) is 1.82. The Balaban J connectivity index is 2.03. The zero-order chi connectivity index (χ0) is 12.5. The van der Waals surface area contributed by atoms with Crippen LogP contribution in [-0.4, -0.2) is 24.2 Å². The Morgan fingerprint density at radius 1 is 1.29 bits per heavy atom. The van der Waals surface area contributed by atoms with E-state index in [1.165, 1.54) is 0 Å². The number of halogens is 4. The molecule has 2 nitrogen and oxygen atoms in total. The van der Waals surface area contributed by atoms with Crippen molar-refractivity contribution in [1.29, 1.82) is 0 Å². The smallest absolute Gasteiger partial charge is 0.371 e. The molecule has 1 aliphatic rings. The van der Waals surface area contributed by atoms with E-state index in [0.29, 0.717) is 13.1 Å². The highest BCUT2D eigenvalue weighted by atomic mass is 79.9. The number of piperidine rings is 1. The zero-order valence-corrected chi connectivity index (χ0v) is 10.6. The Morgan fingerprint density at radius 3 is 2.47 bits per heavy atom. The average Bonchev–Trinajstić information content (AvgIpc) is 2.29. The largest absolute Gasteiger partial charge is 0.391 e. The van der Waals surface area contributed by atoms with Crippen LogP contribution in [0.1, 0.15) is 12.8 Å². The molecule has 17 heavy (non-hydrogen) atoms. The average molecular weight is 309 g/mol. The van der Waals surface area contributed by atoms with Crippen LogP contribution >= 0.6 is 15.9 Å². The molecular formula is C11H12BrF3N2. The van der Waals surface area contributed by atoms with Gasteiger partial charge in [0.25, 0.3) is 0 Å². The molecule has 2 rings (SSSR count). The summed E-state index contributed by atoms with van der Waals surface area (Å²) in [4.78, 5) is 5.91. The zero-order valence-electron chi connectivity index (χ0n) is 9.04. The summed E-state index contributed by atoms with van der Waals surface area (Å²) < 4.78 is 38.4. The molecule has 1 fully saturated rings. The molecule has 0 aromatic carbocycles. The molecule has 0 radical (unpaired) electrons. The van der Waals surface area contributed by atoms with Crippen molar-refractivity contribution in [3.8, 4) is 0 Å². The lowest BCUT2D eigenvalue weighted by Gasteiger charge is -2.34. The Bertz CT molecular complexity index is 387. The molecule has 0 amide bonds. The van der Waals surface area contributed by atoms with E-state index in [4.69, 9.17) is 0 Å². The maximum Gasteiger partial charge on any atom is 0.391 e. The first-order valence-corrected chi connectivity index (χ1v) is 6.19. The maximum atomic E-state index is 12.5. The number of hydrogen-bond acceptors (Lipinski definition) is 2. The number of pyridine rings is 1. The second-order valence-electron chi connectivity index (χ2n) is 4.13. The summed E-state index contributed by atoms with van der Waals surface area (Å²) in [5, 5.41) is 0. The van der Waals surface area contributed by atoms with E-state index in [9.17, 15) is 13.2 Å². The van der Waals surface area contributed by atoms with Crippen molar-refractivity contribution in [3.05, 3.63) is 22.9 Å². The van der Waals surface area contributed by atoms with Crippen LogP contribution < -0.4 is 4.90 Å². The number of alkyl halides is 3. The Hall–Kier alpha value is -0.780. The third-order valence-electron chi connectivity index (χ3n) is 3.05. The summed E-state index contributed by atoms with van der Waals surface area (Å²) in [5.74, 6) is -1.15. The number of aromatic nitrogens is 1. The molecule has 1 aliphatic heterocycles. The van der Waals surface area contributed by atoms with Gasteiger partial charge in [0.2, 0.25) is 0 Å². The standard InChI is InChI=1S/C11H12BrF3N2/c12-9-7-16-4-1-10(9)17-5-2-8(3-6-17)11(13,14)15/h1,4,7-8H,2-3,5-6H2. The first kappa shape index (κ1) is 12.7. The van der Waals surface area contributed by atoms with Crippen LogP contribution in [-0.2, 0) is 0 Å². The summed E-state index contributed by atoms with van der Waals surface area (Å²) in [7, 11) is 0. The minimum atomic E-state index is -4.05. The van der Waals surface area contributed by atoms with E-state index in [1.807, 2.05) is 11.0 Å². The van der Waals surface area contributed by atoms with Gasteiger partial charge in [-0.05, 0) is 34.8 Å². The molecule has 1 aromatic heterocycles. The van der Waals surface area contributed by atoms with Gasteiger partial charge in [-0.1, -0.05) is 0 Å². The number of nitrogens with zero attached hydrogens (tertiary/aromatic N) is 2. The molecule has 1 saturated heterocycles. The highest BCUT2D eigenvalue weighted by Gasteiger charge is 2.41. The molecule has 2 heterocycles. The molecule has 0 atom stereocenters. The van der Waals surface area contributed by atoms with Crippen LogP contribution in [0.3, 0.4) is 0 Å². The molecule has 0 bridgehead atoms. The van der Waals surface area contributed by atoms with E-state index in [1.54, 1.807) is 12.4 Å². The second-order valence-corrected chi connectivity index (χ2v) is 4.98. The van der Waals surface area contributed by atoms with Gasteiger partial charge in [0.1, 0.15) is 0 Å². The Kier molecular flexibility index (Phi) is 3.61. The predicted molar refractivity (Wildman–Crippen MR) is 62.9 cm³/mol. The van der Waals surface area contributed by atoms with Crippen LogP contribution in [0.5, 0.6) is 0 Å². The van der Waals surface area contributed by atoms with E-state index in [-0.39, 0.29) is 12.8 Å².